The highest BCUT2D eigenvalue weighted by Gasteiger charge is 2.14. The van der Waals surface area contributed by atoms with Crippen LogP contribution in [0, 0.1) is 0 Å². The molecule has 4 nitrogen and oxygen atoms in total. The van der Waals surface area contributed by atoms with E-state index in [-0.39, 0.29) is 5.97 Å². The molecule has 0 unspecified atom stereocenters. The van der Waals surface area contributed by atoms with Crippen LogP contribution in [0.3, 0.4) is 0 Å². The van der Waals surface area contributed by atoms with Crippen molar-refractivity contribution in [3.8, 4) is 0 Å². The van der Waals surface area contributed by atoms with Gasteiger partial charge in [-0.15, -0.1) is 0 Å². The van der Waals surface area contributed by atoms with E-state index in [1.165, 1.54) is 12.8 Å². The molecule has 0 spiro atoms. The number of rotatable bonds is 3. The van der Waals surface area contributed by atoms with E-state index in [1.807, 2.05) is 13.1 Å². The summed E-state index contributed by atoms with van der Waals surface area (Å²) < 4.78 is 7.04. The molecule has 0 aliphatic carbocycles. The lowest BCUT2D eigenvalue weighted by Crippen LogP contribution is -2.09. The maximum Gasteiger partial charge on any atom is 0.311 e. The van der Waals surface area contributed by atoms with E-state index in [0.717, 1.165) is 24.5 Å². The summed E-state index contributed by atoms with van der Waals surface area (Å²) in [5.41, 5.74) is 0.838. The molecule has 2 rings (SSSR count). The van der Waals surface area contributed by atoms with Crippen molar-refractivity contribution in [1.82, 2.24) is 9.55 Å². The molecule has 0 amide bonds. The van der Waals surface area contributed by atoms with Crippen molar-refractivity contribution in [2.45, 2.75) is 39.2 Å². The topological polar surface area (TPSA) is 44.1 Å². The third-order valence-corrected chi connectivity index (χ3v) is 2.59. The Morgan fingerprint density at radius 1 is 1.60 bits per heavy atom. The van der Waals surface area contributed by atoms with Crippen LogP contribution in [0.2, 0.25) is 0 Å². The predicted molar refractivity (Wildman–Crippen MR) is 55.5 cm³/mol. The maximum absolute atomic E-state index is 11.3. The number of aryl methyl sites for hydroxylation is 2. The van der Waals surface area contributed by atoms with E-state index >= 15 is 0 Å². The highest BCUT2D eigenvalue weighted by Crippen LogP contribution is 2.14. The number of hydrogen-bond donors (Lipinski definition) is 0. The van der Waals surface area contributed by atoms with Crippen LogP contribution in [0.5, 0.6) is 0 Å². The number of carbonyl (C=O) groups is 1. The zero-order chi connectivity index (χ0) is 10.7. The Kier molecular flexibility index (Phi) is 3.04. The van der Waals surface area contributed by atoms with E-state index in [2.05, 4.69) is 9.55 Å². The number of nitrogens with zero attached hydrogens (tertiary/aromatic N) is 2. The minimum Gasteiger partial charge on any atom is -0.466 e. The van der Waals surface area contributed by atoms with Crippen LogP contribution >= 0.6 is 0 Å². The Balaban J connectivity index is 2.03. The van der Waals surface area contributed by atoms with Crippen LogP contribution < -0.4 is 0 Å². The average Bonchev–Trinajstić information content (AvgIpc) is 2.59. The van der Waals surface area contributed by atoms with Gasteiger partial charge in [-0.2, -0.15) is 0 Å². The first-order valence-corrected chi connectivity index (χ1v) is 5.50. The molecule has 0 bridgehead atoms. The number of aromatic nitrogens is 2. The standard InChI is InChI=1S/C11H16N2O2/c1-2-15-11(14)7-9-8-13-6-4-3-5-10(13)12-9/h8H,2-7H2,1H3. The minimum absolute atomic E-state index is 0.187. The van der Waals surface area contributed by atoms with Crippen LogP contribution in [0.15, 0.2) is 6.20 Å². The van der Waals surface area contributed by atoms with Gasteiger partial charge in [-0.25, -0.2) is 4.98 Å². The number of esters is 1. The molecule has 0 aromatic carbocycles. The van der Waals surface area contributed by atoms with Gasteiger partial charge < -0.3 is 9.30 Å². The van der Waals surface area contributed by atoms with Crippen molar-refractivity contribution in [3.63, 3.8) is 0 Å². The van der Waals surface area contributed by atoms with Gasteiger partial charge in [-0.05, 0) is 19.8 Å². The molecule has 1 aromatic rings. The van der Waals surface area contributed by atoms with Crippen molar-refractivity contribution in [1.29, 1.82) is 0 Å². The first kappa shape index (κ1) is 10.2. The van der Waals surface area contributed by atoms with Crippen LogP contribution in [0.25, 0.3) is 0 Å². The van der Waals surface area contributed by atoms with E-state index in [1.54, 1.807) is 0 Å². The van der Waals surface area contributed by atoms with Gasteiger partial charge in [0.1, 0.15) is 5.82 Å². The molecule has 1 aliphatic heterocycles. The first-order valence-electron chi connectivity index (χ1n) is 5.50. The number of hydrogen-bond acceptors (Lipinski definition) is 3. The Labute approximate surface area is 89.3 Å². The fraction of sp³-hybridized carbons (Fsp3) is 0.636. The van der Waals surface area contributed by atoms with Gasteiger partial charge in [0.2, 0.25) is 0 Å². The third-order valence-electron chi connectivity index (χ3n) is 2.59. The van der Waals surface area contributed by atoms with Gasteiger partial charge in [0.05, 0.1) is 18.7 Å². The van der Waals surface area contributed by atoms with Crippen LogP contribution in [-0.2, 0) is 28.9 Å². The largest absolute Gasteiger partial charge is 0.466 e. The summed E-state index contributed by atoms with van der Waals surface area (Å²) in [5.74, 6) is 0.925. The summed E-state index contributed by atoms with van der Waals surface area (Å²) in [6.07, 6.45) is 5.72. The molecule has 0 radical (unpaired) electrons. The van der Waals surface area contributed by atoms with Crippen molar-refractivity contribution in [2.24, 2.45) is 0 Å². The third kappa shape index (κ3) is 2.37. The summed E-state index contributed by atoms with van der Waals surface area (Å²) >= 11 is 0. The first-order chi connectivity index (χ1) is 7.29. The highest BCUT2D eigenvalue weighted by molar-refractivity contribution is 5.71. The Morgan fingerprint density at radius 2 is 2.47 bits per heavy atom. The van der Waals surface area contributed by atoms with Crippen LogP contribution in [-0.4, -0.2) is 22.1 Å². The normalized spacial score (nSPS) is 14.7. The second-order valence-electron chi connectivity index (χ2n) is 3.78. The summed E-state index contributed by atoms with van der Waals surface area (Å²) in [6.45, 7) is 3.29. The summed E-state index contributed by atoms with van der Waals surface area (Å²) in [5, 5.41) is 0. The quantitative estimate of drug-likeness (QED) is 0.704. The molecule has 0 fully saturated rings. The molecule has 0 saturated heterocycles. The Bertz CT molecular complexity index is 334. The molecule has 2 heterocycles. The fourth-order valence-corrected chi connectivity index (χ4v) is 1.92. The molecule has 0 N–H and O–H groups in total. The van der Waals surface area contributed by atoms with Crippen molar-refractivity contribution >= 4 is 5.97 Å². The van der Waals surface area contributed by atoms with Crippen molar-refractivity contribution in [3.05, 3.63) is 17.7 Å². The number of ether oxygens (including phenoxy) is 1. The molecule has 1 aromatic heterocycles. The van der Waals surface area contributed by atoms with E-state index in [4.69, 9.17) is 4.74 Å². The van der Waals surface area contributed by atoms with Crippen LogP contribution in [0.4, 0.5) is 0 Å². The van der Waals surface area contributed by atoms with Crippen LogP contribution in [0.1, 0.15) is 31.3 Å². The molecule has 0 saturated carbocycles. The number of fused-ring (bicyclic) bond motifs is 1. The maximum atomic E-state index is 11.3. The fourth-order valence-electron chi connectivity index (χ4n) is 1.92. The molecule has 1 aliphatic rings. The van der Waals surface area contributed by atoms with Gasteiger partial charge in [0.25, 0.3) is 0 Å². The summed E-state index contributed by atoms with van der Waals surface area (Å²) in [7, 11) is 0. The number of carbonyl (C=O) groups excluding carboxylic acids is 1. The predicted octanol–water partition coefficient (Wildman–Crippen LogP) is 1.33. The van der Waals surface area contributed by atoms with Gasteiger partial charge in [0, 0.05) is 19.2 Å². The smallest absolute Gasteiger partial charge is 0.311 e. The van der Waals surface area contributed by atoms with E-state index in [9.17, 15) is 4.79 Å². The lowest BCUT2D eigenvalue weighted by Gasteiger charge is -2.11. The zero-order valence-corrected chi connectivity index (χ0v) is 9.03. The molecular formula is C11H16N2O2. The SMILES string of the molecule is CCOC(=O)Cc1cn2c(n1)CCCC2. The monoisotopic (exact) mass is 208 g/mol. The molecule has 82 valence electrons. The zero-order valence-electron chi connectivity index (χ0n) is 9.03. The van der Waals surface area contributed by atoms with E-state index in [0.29, 0.717) is 13.0 Å². The molecule has 4 heteroatoms. The van der Waals surface area contributed by atoms with Crippen molar-refractivity contribution in [2.75, 3.05) is 6.61 Å². The second kappa shape index (κ2) is 4.47. The van der Waals surface area contributed by atoms with Crippen molar-refractivity contribution < 1.29 is 9.53 Å². The molecular weight excluding hydrogens is 192 g/mol. The minimum atomic E-state index is -0.187. The molecule has 15 heavy (non-hydrogen) atoms. The van der Waals surface area contributed by atoms with Gasteiger partial charge >= 0.3 is 5.97 Å². The Morgan fingerprint density at radius 3 is 3.20 bits per heavy atom. The van der Waals surface area contributed by atoms with Gasteiger partial charge in [-0.3, -0.25) is 4.79 Å². The van der Waals surface area contributed by atoms with E-state index < -0.39 is 0 Å². The molecule has 0 atom stereocenters. The Hall–Kier alpha value is -1.32. The highest BCUT2D eigenvalue weighted by atomic mass is 16.5. The lowest BCUT2D eigenvalue weighted by molar-refractivity contribution is -0.142. The van der Waals surface area contributed by atoms with Gasteiger partial charge in [0.15, 0.2) is 0 Å². The average molecular weight is 208 g/mol. The van der Waals surface area contributed by atoms with Gasteiger partial charge in [-0.1, -0.05) is 0 Å². The summed E-state index contributed by atoms with van der Waals surface area (Å²) in [4.78, 5) is 15.7. The number of imidazole rings is 1. The second-order valence-corrected chi connectivity index (χ2v) is 3.78. The summed E-state index contributed by atoms with van der Waals surface area (Å²) in [6, 6.07) is 0. The lowest BCUT2D eigenvalue weighted by atomic mass is 10.2.